The molecular weight excluding hydrogens is 209 g/mol. The highest BCUT2D eigenvalue weighted by atomic mass is 32.2. The summed E-state index contributed by atoms with van der Waals surface area (Å²) in [5.41, 5.74) is 1.04. The molecule has 1 unspecified atom stereocenters. The molecule has 1 aromatic carbocycles. The first-order chi connectivity index (χ1) is 7.27. The average molecular weight is 227 g/mol. The molecule has 0 aliphatic rings. The topological polar surface area (TPSA) is 12.0 Å². The van der Waals surface area contributed by atoms with Crippen molar-refractivity contribution in [1.29, 1.82) is 0 Å². The molecule has 0 radical (unpaired) electrons. The number of benzene rings is 1. The van der Waals surface area contributed by atoms with E-state index in [4.69, 9.17) is 0 Å². The largest absolute Gasteiger partial charge is 0.310 e. The van der Waals surface area contributed by atoms with Gasteiger partial charge in [-0.1, -0.05) is 26.0 Å². The van der Waals surface area contributed by atoms with Crippen molar-refractivity contribution in [2.24, 2.45) is 0 Å². The molecule has 84 valence electrons. The highest BCUT2D eigenvalue weighted by Crippen LogP contribution is 2.18. The second-order valence-corrected chi connectivity index (χ2v) is 4.64. The van der Waals surface area contributed by atoms with E-state index in [1.165, 1.54) is 6.07 Å². The minimum absolute atomic E-state index is 0.156. The van der Waals surface area contributed by atoms with E-state index in [9.17, 15) is 4.39 Å². The normalized spacial score (nSPS) is 12.7. The van der Waals surface area contributed by atoms with Crippen molar-refractivity contribution in [3.05, 3.63) is 35.6 Å². The highest BCUT2D eigenvalue weighted by Gasteiger charge is 2.09. The Morgan fingerprint density at radius 2 is 2.20 bits per heavy atom. The molecule has 1 atom stereocenters. The molecule has 0 saturated carbocycles. The van der Waals surface area contributed by atoms with Crippen LogP contribution in [-0.2, 0) is 0 Å². The van der Waals surface area contributed by atoms with E-state index in [1.54, 1.807) is 12.1 Å². The van der Waals surface area contributed by atoms with Gasteiger partial charge in [0.15, 0.2) is 0 Å². The van der Waals surface area contributed by atoms with Gasteiger partial charge in [-0.3, -0.25) is 0 Å². The fraction of sp³-hybridized carbons (Fsp3) is 0.500. The van der Waals surface area contributed by atoms with Gasteiger partial charge in [0.2, 0.25) is 0 Å². The van der Waals surface area contributed by atoms with Crippen molar-refractivity contribution in [2.75, 3.05) is 18.1 Å². The lowest BCUT2D eigenvalue weighted by Crippen LogP contribution is -2.23. The minimum atomic E-state index is -0.156. The van der Waals surface area contributed by atoms with Crippen LogP contribution >= 0.6 is 11.8 Å². The molecule has 0 aromatic heterocycles. The number of hydrogen-bond donors (Lipinski definition) is 1. The Kier molecular flexibility index (Phi) is 5.73. The van der Waals surface area contributed by atoms with Gasteiger partial charge < -0.3 is 5.32 Å². The summed E-state index contributed by atoms with van der Waals surface area (Å²) in [7, 11) is 0. The summed E-state index contributed by atoms with van der Waals surface area (Å²) in [4.78, 5) is 0. The summed E-state index contributed by atoms with van der Waals surface area (Å²) >= 11 is 1.87. The first-order valence-electron chi connectivity index (χ1n) is 5.34. The molecule has 0 amide bonds. The van der Waals surface area contributed by atoms with Crippen LogP contribution in [0.1, 0.15) is 25.5 Å². The van der Waals surface area contributed by atoms with Gasteiger partial charge in [0, 0.05) is 11.8 Å². The van der Waals surface area contributed by atoms with E-state index in [0.29, 0.717) is 0 Å². The van der Waals surface area contributed by atoms with Crippen molar-refractivity contribution >= 4 is 11.8 Å². The van der Waals surface area contributed by atoms with Gasteiger partial charge in [-0.05, 0) is 30.0 Å². The maximum absolute atomic E-state index is 13.1. The van der Waals surface area contributed by atoms with E-state index >= 15 is 0 Å². The molecular formula is C12H18FNS. The number of hydrogen-bond acceptors (Lipinski definition) is 2. The monoisotopic (exact) mass is 227 g/mol. The van der Waals surface area contributed by atoms with Gasteiger partial charge in [0.05, 0.1) is 0 Å². The van der Waals surface area contributed by atoms with Gasteiger partial charge in [-0.25, -0.2) is 4.39 Å². The van der Waals surface area contributed by atoms with Crippen molar-refractivity contribution in [2.45, 2.75) is 19.9 Å². The summed E-state index contributed by atoms with van der Waals surface area (Å²) in [6.45, 7) is 5.12. The highest BCUT2D eigenvalue weighted by molar-refractivity contribution is 7.99. The molecule has 15 heavy (non-hydrogen) atoms. The fourth-order valence-corrected chi connectivity index (χ4v) is 2.26. The van der Waals surface area contributed by atoms with Gasteiger partial charge in [-0.15, -0.1) is 0 Å². The number of rotatable bonds is 6. The zero-order valence-electron chi connectivity index (χ0n) is 9.29. The predicted molar refractivity (Wildman–Crippen MR) is 65.8 cm³/mol. The Morgan fingerprint density at radius 3 is 2.80 bits per heavy atom. The molecule has 0 fully saturated rings. The van der Waals surface area contributed by atoms with Crippen molar-refractivity contribution in [3.8, 4) is 0 Å². The summed E-state index contributed by atoms with van der Waals surface area (Å²) < 4.78 is 13.1. The number of halogens is 1. The van der Waals surface area contributed by atoms with Crippen LogP contribution in [0.2, 0.25) is 0 Å². The lowest BCUT2D eigenvalue weighted by atomic mass is 10.1. The van der Waals surface area contributed by atoms with E-state index in [2.05, 4.69) is 19.2 Å². The summed E-state index contributed by atoms with van der Waals surface area (Å²) in [6.07, 6.45) is 0. The lowest BCUT2D eigenvalue weighted by Gasteiger charge is -2.17. The molecule has 0 bridgehead atoms. The molecule has 3 heteroatoms. The average Bonchev–Trinajstić information content (AvgIpc) is 2.24. The van der Waals surface area contributed by atoms with Crippen LogP contribution in [0.25, 0.3) is 0 Å². The quantitative estimate of drug-likeness (QED) is 0.800. The van der Waals surface area contributed by atoms with Gasteiger partial charge >= 0.3 is 0 Å². The van der Waals surface area contributed by atoms with E-state index < -0.39 is 0 Å². The maximum atomic E-state index is 13.1. The van der Waals surface area contributed by atoms with Crippen molar-refractivity contribution in [3.63, 3.8) is 0 Å². The van der Waals surface area contributed by atoms with Gasteiger partial charge in [0.25, 0.3) is 0 Å². The minimum Gasteiger partial charge on any atom is -0.310 e. The second kappa shape index (κ2) is 6.85. The summed E-state index contributed by atoms with van der Waals surface area (Å²) in [6, 6.07) is 7.11. The fourth-order valence-electron chi connectivity index (χ4n) is 1.48. The first kappa shape index (κ1) is 12.5. The Balaban J connectivity index is 2.69. The Morgan fingerprint density at radius 1 is 1.40 bits per heavy atom. The van der Waals surface area contributed by atoms with Crippen LogP contribution in [0.15, 0.2) is 24.3 Å². The molecule has 1 aromatic rings. The zero-order chi connectivity index (χ0) is 11.1. The molecule has 0 heterocycles. The molecule has 1 rings (SSSR count). The molecule has 1 nitrogen and oxygen atoms in total. The summed E-state index contributed by atoms with van der Waals surface area (Å²) in [5, 5.41) is 3.37. The molecule has 0 aliphatic heterocycles. The molecule has 0 saturated heterocycles. The van der Waals surface area contributed by atoms with Crippen LogP contribution in [0.4, 0.5) is 4.39 Å². The van der Waals surface area contributed by atoms with Gasteiger partial charge in [-0.2, -0.15) is 11.8 Å². The van der Waals surface area contributed by atoms with E-state index in [-0.39, 0.29) is 11.9 Å². The smallest absolute Gasteiger partial charge is 0.123 e. The number of thioether (sulfide) groups is 1. The third kappa shape index (κ3) is 4.22. The third-order valence-electron chi connectivity index (χ3n) is 2.19. The molecule has 0 aliphatic carbocycles. The Hall–Kier alpha value is -0.540. The van der Waals surface area contributed by atoms with Crippen LogP contribution in [0.5, 0.6) is 0 Å². The van der Waals surface area contributed by atoms with Crippen molar-refractivity contribution in [1.82, 2.24) is 5.32 Å². The standard InChI is InChI=1S/C12H18FNS/c1-3-14-12(9-15-4-2)10-6-5-7-11(13)8-10/h5-8,12,14H,3-4,9H2,1-2H3. The predicted octanol–water partition coefficient (Wildman–Crippen LogP) is 3.23. The second-order valence-electron chi connectivity index (χ2n) is 3.32. The van der Waals surface area contributed by atoms with Crippen LogP contribution in [0.3, 0.4) is 0 Å². The zero-order valence-corrected chi connectivity index (χ0v) is 10.1. The lowest BCUT2D eigenvalue weighted by molar-refractivity contribution is 0.588. The van der Waals surface area contributed by atoms with E-state index in [1.807, 2.05) is 17.8 Å². The van der Waals surface area contributed by atoms with Gasteiger partial charge in [0.1, 0.15) is 5.82 Å². The summed E-state index contributed by atoms with van der Waals surface area (Å²) in [5.74, 6) is 1.93. The van der Waals surface area contributed by atoms with Crippen LogP contribution in [0, 0.1) is 5.82 Å². The SMILES string of the molecule is CCNC(CSCC)c1cccc(F)c1. The van der Waals surface area contributed by atoms with E-state index in [0.717, 1.165) is 23.6 Å². The molecule has 1 N–H and O–H groups in total. The van der Waals surface area contributed by atoms with Crippen LogP contribution in [-0.4, -0.2) is 18.1 Å². The Labute approximate surface area is 95.5 Å². The Bertz CT molecular complexity index is 291. The van der Waals surface area contributed by atoms with Crippen LogP contribution < -0.4 is 5.32 Å². The maximum Gasteiger partial charge on any atom is 0.123 e. The molecule has 0 spiro atoms. The van der Waals surface area contributed by atoms with Crippen molar-refractivity contribution < 1.29 is 4.39 Å². The first-order valence-corrected chi connectivity index (χ1v) is 6.50. The third-order valence-corrected chi connectivity index (χ3v) is 3.17. The number of nitrogens with one attached hydrogen (secondary N) is 1.